The maximum absolute atomic E-state index is 9.32. The summed E-state index contributed by atoms with van der Waals surface area (Å²) in [7, 11) is 0. The van der Waals surface area contributed by atoms with E-state index in [0.29, 0.717) is 5.92 Å². The first-order chi connectivity index (χ1) is 6.27. The topological polar surface area (TPSA) is 20.2 Å². The Morgan fingerprint density at radius 1 is 1.31 bits per heavy atom. The number of rotatable bonds is 1. The Kier molecular flexibility index (Phi) is 2.19. The van der Waals surface area contributed by atoms with E-state index in [9.17, 15) is 5.11 Å². The van der Waals surface area contributed by atoms with Crippen LogP contribution >= 0.6 is 0 Å². The van der Waals surface area contributed by atoms with Gasteiger partial charge in [-0.1, -0.05) is 48.9 Å². The van der Waals surface area contributed by atoms with Crippen LogP contribution < -0.4 is 0 Å². The van der Waals surface area contributed by atoms with Crippen LogP contribution in [0.2, 0.25) is 0 Å². The Labute approximate surface area is 78.7 Å². The van der Waals surface area contributed by atoms with Gasteiger partial charge in [-0.05, 0) is 12.0 Å². The second-order valence-corrected chi connectivity index (χ2v) is 3.69. The van der Waals surface area contributed by atoms with Crippen LogP contribution in [0.1, 0.15) is 18.9 Å². The highest BCUT2D eigenvalue weighted by Crippen LogP contribution is 2.34. The zero-order valence-corrected chi connectivity index (χ0v) is 7.77. The van der Waals surface area contributed by atoms with Crippen LogP contribution in [0.25, 0.3) is 6.08 Å². The Morgan fingerprint density at radius 3 is 2.54 bits per heavy atom. The first-order valence-corrected chi connectivity index (χ1v) is 4.71. The summed E-state index contributed by atoms with van der Waals surface area (Å²) in [5.74, 6) is 0.347. The molecule has 1 aromatic carbocycles. The van der Waals surface area contributed by atoms with Gasteiger partial charge in [0.25, 0.3) is 0 Å². The van der Waals surface area contributed by atoms with Crippen molar-refractivity contribution in [3.8, 4) is 0 Å². The van der Waals surface area contributed by atoms with E-state index in [1.54, 1.807) is 0 Å². The highest BCUT2D eigenvalue weighted by Gasteiger charge is 2.29. The maximum atomic E-state index is 9.32. The molecule has 1 fully saturated rings. The van der Waals surface area contributed by atoms with E-state index in [-0.39, 0.29) is 6.10 Å². The van der Waals surface area contributed by atoms with Crippen molar-refractivity contribution in [2.45, 2.75) is 19.4 Å². The Balaban J connectivity index is 2.14. The summed E-state index contributed by atoms with van der Waals surface area (Å²) in [6.07, 6.45) is 2.91. The van der Waals surface area contributed by atoms with Crippen molar-refractivity contribution in [2.75, 3.05) is 0 Å². The molecule has 1 aliphatic carbocycles. The fourth-order valence-corrected chi connectivity index (χ4v) is 1.64. The Morgan fingerprint density at radius 2 is 2.00 bits per heavy atom. The summed E-state index contributed by atoms with van der Waals surface area (Å²) >= 11 is 0. The van der Waals surface area contributed by atoms with Gasteiger partial charge >= 0.3 is 0 Å². The molecule has 13 heavy (non-hydrogen) atoms. The smallest absolute Gasteiger partial charge is 0.0640 e. The quantitative estimate of drug-likeness (QED) is 0.693. The molecule has 0 heterocycles. The molecule has 0 unspecified atom stereocenters. The van der Waals surface area contributed by atoms with Crippen molar-refractivity contribution >= 4 is 6.08 Å². The van der Waals surface area contributed by atoms with E-state index >= 15 is 0 Å². The third-order valence-electron chi connectivity index (χ3n) is 2.76. The zero-order valence-electron chi connectivity index (χ0n) is 7.77. The minimum absolute atomic E-state index is 0.116. The summed E-state index contributed by atoms with van der Waals surface area (Å²) in [6, 6.07) is 10.3. The fraction of sp³-hybridized carbons (Fsp3) is 0.333. The molecule has 68 valence electrons. The maximum Gasteiger partial charge on any atom is 0.0640 e. The minimum atomic E-state index is -0.116. The van der Waals surface area contributed by atoms with Gasteiger partial charge in [0, 0.05) is 5.92 Å². The minimum Gasteiger partial charge on any atom is -0.392 e. The molecule has 0 aliphatic heterocycles. The van der Waals surface area contributed by atoms with Crippen LogP contribution in [0, 0.1) is 5.92 Å². The van der Waals surface area contributed by atoms with E-state index in [0.717, 1.165) is 6.42 Å². The summed E-state index contributed by atoms with van der Waals surface area (Å²) in [6.45, 7) is 2.07. The van der Waals surface area contributed by atoms with E-state index in [2.05, 4.69) is 25.1 Å². The summed E-state index contributed by atoms with van der Waals surface area (Å²) in [5, 5.41) is 9.32. The van der Waals surface area contributed by atoms with Gasteiger partial charge in [-0.25, -0.2) is 0 Å². The molecule has 0 amide bonds. The van der Waals surface area contributed by atoms with E-state index in [4.69, 9.17) is 0 Å². The average molecular weight is 174 g/mol. The molecular formula is C12H14O. The second-order valence-electron chi connectivity index (χ2n) is 3.69. The predicted molar refractivity (Wildman–Crippen MR) is 54.2 cm³/mol. The zero-order chi connectivity index (χ0) is 9.26. The van der Waals surface area contributed by atoms with Gasteiger partial charge in [-0.2, -0.15) is 0 Å². The third-order valence-corrected chi connectivity index (χ3v) is 2.76. The normalized spacial score (nSPS) is 30.2. The second kappa shape index (κ2) is 3.35. The number of aliphatic hydroxyl groups is 1. The fourth-order valence-electron chi connectivity index (χ4n) is 1.64. The van der Waals surface area contributed by atoms with Crippen molar-refractivity contribution in [3.63, 3.8) is 0 Å². The lowest BCUT2D eigenvalue weighted by atomic mass is 9.77. The lowest BCUT2D eigenvalue weighted by molar-refractivity contribution is 0.0851. The standard InChI is InChI=1S/C12H14O/c1-9-11(8-12(9)13)7-10-5-3-2-4-6-10/h2-7,9,12-13H,8H2,1H3/b11-7+/t9-,12-/m0/s1. The summed E-state index contributed by atoms with van der Waals surface area (Å²) in [5.41, 5.74) is 2.59. The molecule has 0 bridgehead atoms. The Bertz CT molecular complexity index is 313. The van der Waals surface area contributed by atoms with Crippen LogP contribution in [-0.4, -0.2) is 11.2 Å². The van der Waals surface area contributed by atoms with Gasteiger partial charge in [-0.15, -0.1) is 0 Å². The van der Waals surface area contributed by atoms with Crippen molar-refractivity contribution in [2.24, 2.45) is 5.92 Å². The molecule has 0 saturated heterocycles. The first-order valence-electron chi connectivity index (χ1n) is 4.71. The molecule has 1 nitrogen and oxygen atoms in total. The number of aliphatic hydroxyl groups excluding tert-OH is 1. The molecule has 0 radical (unpaired) electrons. The molecule has 0 spiro atoms. The van der Waals surface area contributed by atoms with Crippen molar-refractivity contribution < 1.29 is 5.11 Å². The van der Waals surface area contributed by atoms with E-state index in [1.807, 2.05) is 18.2 Å². The van der Waals surface area contributed by atoms with Crippen molar-refractivity contribution in [3.05, 3.63) is 41.5 Å². The molecule has 1 saturated carbocycles. The van der Waals surface area contributed by atoms with E-state index < -0.39 is 0 Å². The monoisotopic (exact) mass is 174 g/mol. The number of benzene rings is 1. The van der Waals surface area contributed by atoms with Gasteiger partial charge in [-0.3, -0.25) is 0 Å². The Hall–Kier alpha value is -1.08. The van der Waals surface area contributed by atoms with Crippen molar-refractivity contribution in [1.82, 2.24) is 0 Å². The largest absolute Gasteiger partial charge is 0.392 e. The lowest BCUT2D eigenvalue weighted by Crippen LogP contribution is -2.31. The molecule has 0 aromatic heterocycles. The highest BCUT2D eigenvalue weighted by molar-refractivity contribution is 5.55. The molecular weight excluding hydrogens is 160 g/mol. The SMILES string of the molecule is C[C@H]1/C(=C/c2ccccc2)C[C@@H]1O. The summed E-state index contributed by atoms with van der Waals surface area (Å²) in [4.78, 5) is 0. The molecule has 1 heteroatoms. The molecule has 1 N–H and O–H groups in total. The molecule has 1 aliphatic rings. The molecule has 1 aromatic rings. The van der Waals surface area contributed by atoms with Crippen LogP contribution in [0.3, 0.4) is 0 Å². The van der Waals surface area contributed by atoms with Crippen LogP contribution in [0.5, 0.6) is 0 Å². The van der Waals surface area contributed by atoms with Gasteiger partial charge in [0.05, 0.1) is 6.10 Å². The van der Waals surface area contributed by atoms with Crippen LogP contribution in [0.4, 0.5) is 0 Å². The highest BCUT2D eigenvalue weighted by atomic mass is 16.3. The first kappa shape index (κ1) is 8.52. The number of hydrogen-bond donors (Lipinski definition) is 1. The number of hydrogen-bond acceptors (Lipinski definition) is 1. The van der Waals surface area contributed by atoms with Gasteiger partial charge in [0.1, 0.15) is 0 Å². The van der Waals surface area contributed by atoms with Crippen molar-refractivity contribution in [1.29, 1.82) is 0 Å². The summed E-state index contributed by atoms with van der Waals surface area (Å²) < 4.78 is 0. The predicted octanol–water partition coefficient (Wildman–Crippen LogP) is 2.47. The van der Waals surface area contributed by atoms with Gasteiger partial charge in [0.2, 0.25) is 0 Å². The molecule has 2 atom stereocenters. The van der Waals surface area contributed by atoms with Crippen LogP contribution in [0.15, 0.2) is 35.9 Å². The van der Waals surface area contributed by atoms with Gasteiger partial charge in [0.15, 0.2) is 0 Å². The lowest BCUT2D eigenvalue weighted by Gasteiger charge is -2.33. The van der Waals surface area contributed by atoms with Crippen LogP contribution in [-0.2, 0) is 0 Å². The molecule has 2 rings (SSSR count). The van der Waals surface area contributed by atoms with E-state index in [1.165, 1.54) is 11.1 Å². The third kappa shape index (κ3) is 1.65. The van der Waals surface area contributed by atoms with Gasteiger partial charge < -0.3 is 5.11 Å². The average Bonchev–Trinajstić information content (AvgIpc) is 2.19.